The summed E-state index contributed by atoms with van der Waals surface area (Å²) >= 11 is 6.12. The van der Waals surface area contributed by atoms with E-state index in [0.29, 0.717) is 5.02 Å². The number of rotatable bonds is 4. The first-order valence-corrected chi connectivity index (χ1v) is 7.65. The lowest BCUT2D eigenvalue weighted by Crippen LogP contribution is -2.24. The molecule has 3 aromatic rings. The van der Waals surface area contributed by atoms with Gasteiger partial charge in [-0.3, -0.25) is 4.40 Å². The van der Waals surface area contributed by atoms with Gasteiger partial charge in [-0.25, -0.2) is 4.98 Å². The molecule has 2 heterocycles. The van der Waals surface area contributed by atoms with Crippen molar-refractivity contribution >= 4 is 34.1 Å². The van der Waals surface area contributed by atoms with E-state index in [1.807, 2.05) is 18.2 Å². The number of benzene rings is 1. The number of nitrogens with zero attached hydrogens (tertiary/aromatic N) is 5. The van der Waals surface area contributed by atoms with E-state index < -0.39 is 0 Å². The molecule has 0 aliphatic heterocycles. The van der Waals surface area contributed by atoms with Crippen LogP contribution in [0.15, 0.2) is 18.2 Å². The SMILES string of the molecule is CCc1nnc2c(N(CC)CC)nc3cc(Cl)ccc3n12. The van der Waals surface area contributed by atoms with E-state index in [1.165, 1.54) is 0 Å². The van der Waals surface area contributed by atoms with Gasteiger partial charge in [0.15, 0.2) is 5.82 Å². The van der Waals surface area contributed by atoms with Crippen LogP contribution >= 0.6 is 11.6 Å². The second kappa shape index (κ2) is 5.48. The summed E-state index contributed by atoms with van der Waals surface area (Å²) in [5, 5.41) is 9.35. The predicted octanol–water partition coefficient (Wildman–Crippen LogP) is 3.34. The monoisotopic (exact) mass is 303 g/mol. The van der Waals surface area contributed by atoms with E-state index in [9.17, 15) is 0 Å². The van der Waals surface area contributed by atoms with Gasteiger partial charge in [-0.1, -0.05) is 18.5 Å². The summed E-state index contributed by atoms with van der Waals surface area (Å²) in [5.74, 6) is 1.80. The van der Waals surface area contributed by atoms with Crippen molar-refractivity contribution in [2.24, 2.45) is 0 Å². The molecule has 0 unspecified atom stereocenters. The third-order valence-electron chi connectivity index (χ3n) is 3.71. The quantitative estimate of drug-likeness (QED) is 0.741. The van der Waals surface area contributed by atoms with Gasteiger partial charge in [0, 0.05) is 24.5 Å². The zero-order valence-electron chi connectivity index (χ0n) is 12.5. The molecule has 0 atom stereocenters. The molecule has 6 heteroatoms. The topological polar surface area (TPSA) is 46.3 Å². The van der Waals surface area contributed by atoms with Gasteiger partial charge in [-0.15, -0.1) is 10.2 Å². The Morgan fingerprint density at radius 3 is 2.57 bits per heavy atom. The van der Waals surface area contributed by atoms with E-state index in [1.54, 1.807) is 0 Å². The summed E-state index contributed by atoms with van der Waals surface area (Å²) < 4.78 is 2.09. The van der Waals surface area contributed by atoms with E-state index >= 15 is 0 Å². The van der Waals surface area contributed by atoms with Crippen LogP contribution in [-0.2, 0) is 6.42 Å². The van der Waals surface area contributed by atoms with E-state index in [4.69, 9.17) is 16.6 Å². The largest absolute Gasteiger partial charge is 0.354 e. The molecular weight excluding hydrogens is 286 g/mol. The highest BCUT2D eigenvalue weighted by molar-refractivity contribution is 6.31. The summed E-state index contributed by atoms with van der Waals surface area (Å²) in [5.41, 5.74) is 2.67. The Bertz CT molecular complexity index is 791. The first-order chi connectivity index (χ1) is 10.2. The molecule has 0 aliphatic carbocycles. The number of halogens is 1. The standard InChI is InChI=1S/C15H18ClN5/c1-4-13-18-19-15-14(20(5-2)6-3)17-11-9-10(16)7-8-12(11)21(13)15/h7-9H,4-6H2,1-3H3. The average molecular weight is 304 g/mol. The van der Waals surface area contributed by atoms with Crippen LogP contribution in [0, 0.1) is 0 Å². The van der Waals surface area contributed by atoms with Crippen molar-refractivity contribution in [1.82, 2.24) is 19.6 Å². The molecule has 0 spiro atoms. The van der Waals surface area contributed by atoms with Gasteiger partial charge in [0.25, 0.3) is 0 Å². The fourth-order valence-electron chi connectivity index (χ4n) is 2.62. The first kappa shape index (κ1) is 14.1. The maximum atomic E-state index is 6.12. The minimum Gasteiger partial charge on any atom is -0.354 e. The number of anilines is 1. The van der Waals surface area contributed by atoms with Gasteiger partial charge in [0.05, 0.1) is 11.0 Å². The highest BCUT2D eigenvalue weighted by atomic mass is 35.5. The highest BCUT2D eigenvalue weighted by Crippen LogP contribution is 2.26. The number of fused-ring (bicyclic) bond motifs is 3. The van der Waals surface area contributed by atoms with Crippen LogP contribution in [0.5, 0.6) is 0 Å². The van der Waals surface area contributed by atoms with Crippen molar-refractivity contribution in [2.45, 2.75) is 27.2 Å². The van der Waals surface area contributed by atoms with Crippen LogP contribution in [0.2, 0.25) is 5.02 Å². The zero-order valence-corrected chi connectivity index (χ0v) is 13.2. The molecule has 5 nitrogen and oxygen atoms in total. The van der Waals surface area contributed by atoms with Gasteiger partial charge < -0.3 is 4.90 Å². The molecule has 0 saturated heterocycles. The maximum absolute atomic E-state index is 6.12. The van der Waals surface area contributed by atoms with Gasteiger partial charge >= 0.3 is 0 Å². The van der Waals surface area contributed by atoms with Gasteiger partial charge in [0.1, 0.15) is 5.82 Å². The lowest BCUT2D eigenvalue weighted by atomic mass is 10.3. The number of hydrogen-bond donors (Lipinski definition) is 0. The van der Waals surface area contributed by atoms with Crippen LogP contribution < -0.4 is 4.90 Å². The summed E-state index contributed by atoms with van der Waals surface area (Å²) in [6, 6.07) is 5.75. The van der Waals surface area contributed by atoms with Crippen LogP contribution in [0.3, 0.4) is 0 Å². The Hall–Kier alpha value is -1.88. The second-order valence-electron chi connectivity index (χ2n) is 4.87. The van der Waals surface area contributed by atoms with Crippen LogP contribution in [0.4, 0.5) is 5.82 Å². The van der Waals surface area contributed by atoms with E-state index in [0.717, 1.165) is 47.8 Å². The fraction of sp³-hybridized carbons (Fsp3) is 0.400. The molecule has 0 saturated carbocycles. The lowest BCUT2D eigenvalue weighted by Gasteiger charge is -2.20. The Labute approximate surface area is 128 Å². The molecule has 0 bridgehead atoms. The van der Waals surface area contributed by atoms with Gasteiger partial charge in [0.2, 0.25) is 5.65 Å². The zero-order chi connectivity index (χ0) is 15.0. The summed E-state index contributed by atoms with van der Waals surface area (Å²) in [6.45, 7) is 8.05. The number of aromatic nitrogens is 4. The summed E-state index contributed by atoms with van der Waals surface area (Å²) in [7, 11) is 0. The molecule has 110 valence electrons. The minimum absolute atomic E-state index is 0.686. The molecule has 3 rings (SSSR count). The molecule has 2 aromatic heterocycles. The van der Waals surface area contributed by atoms with Crippen LogP contribution in [-0.4, -0.2) is 32.7 Å². The Balaban J connectivity index is 2.43. The maximum Gasteiger partial charge on any atom is 0.204 e. The average Bonchev–Trinajstić information content (AvgIpc) is 2.92. The normalized spacial score (nSPS) is 11.4. The molecule has 0 aliphatic rings. The Morgan fingerprint density at radius 2 is 1.90 bits per heavy atom. The van der Waals surface area contributed by atoms with Crippen molar-refractivity contribution in [1.29, 1.82) is 0 Å². The predicted molar refractivity (Wildman–Crippen MR) is 86.2 cm³/mol. The molecule has 0 fully saturated rings. The van der Waals surface area contributed by atoms with Crippen LogP contribution in [0.1, 0.15) is 26.6 Å². The number of aryl methyl sites for hydroxylation is 1. The molecule has 0 amide bonds. The van der Waals surface area contributed by atoms with Crippen molar-refractivity contribution in [3.05, 3.63) is 29.0 Å². The smallest absolute Gasteiger partial charge is 0.204 e. The summed E-state index contributed by atoms with van der Waals surface area (Å²) in [4.78, 5) is 6.96. The third-order valence-corrected chi connectivity index (χ3v) is 3.95. The highest BCUT2D eigenvalue weighted by Gasteiger charge is 2.17. The number of hydrogen-bond acceptors (Lipinski definition) is 4. The van der Waals surface area contributed by atoms with Crippen molar-refractivity contribution < 1.29 is 0 Å². The molecule has 0 N–H and O–H groups in total. The van der Waals surface area contributed by atoms with E-state index in [2.05, 4.69) is 40.3 Å². The first-order valence-electron chi connectivity index (χ1n) is 7.27. The molecular formula is C15H18ClN5. The van der Waals surface area contributed by atoms with Gasteiger partial charge in [-0.05, 0) is 32.0 Å². The molecule has 1 aromatic carbocycles. The van der Waals surface area contributed by atoms with Crippen molar-refractivity contribution in [3.8, 4) is 0 Å². The van der Waals surface area contributed by atoms with E-state index in [-0.39, 0.29) is 0 Å². The molecule has 21 heavy (non-hydrogen) atoms. The van der Waals surface area contributed by atoms with Gasteiger partial charge in [-0.2, -0.15) is 0 Å². The third kappa shape index (κ3) is 2.21. The van der Waals surface area contributed by atoms with Crippen molar-refractivity contribution in [2.75, 3.05) is 18.0 Å². The Morgan fingerprint density at radius 1 is 1.14 bits per heavy atom. The molecule has 0 radical (unpaired) electrons. The van der Waals surface area contributed by atoms with Crippen LogP contribution in [0.25, 0.3) is 16.7 Å². The van der Waals surface area contributed by atoms with Crippen molar-refractivity contribution in [3.63, 3.8) is 0 Å². The fourth-order valence-corrected chi connectivity index (χ4v) is 2.78. The second-order valence-corrected chi connectivity index (χ2v) is 5.31. The summed E-state index contributed by atoms with van der Waals surface area (Å²) in [6.07, 6.45) is 0.820. The Kier molecular flexibility index (Phi) is 3.68. The lowest BCUT2D eigenvalue weighted by molar-refractivity contribution is 0.847. The minimum atomic E-state index is 0.686.